The number of ketones is 1. The number of halogens is 2. The highest BCUT2D eigenvalue weighted by Crippen LogP contribution is 2.32. The smallest absolute Gasteiger partial charge is 0.308 e. The Kier molecular flexibility index (Phi) is 3.88. The van der Waals surface area contributed by atoms with Crippen LogP contribution >= 0.6 is 11.6 Å². The van der Waals surface area contributed by atoms with Gasteiger partial charge in [0.2, 0.25) is 5.78 Å². The van der Waals surface area contributed by atoms with E-state index < -0.39 is 17.6 Å². The molecular weight excluding hydrogens is 321 g/mol. The molecule has 0 bridgehead atoms. The molecule has 0 aliphatic heterocycles. The highest BCUT2D eigenvalue weighted by atomic mass is 35.5. The van der Waals surface area contributed by atoms with Gasteiger partial charge in [-0.2, -0.15) is 0 Å². The zero-order chi connectivity index (χ0) is 16.6. The van der Waals surface area contributed by atoms with Crippen molar-refractivity contribution in [2.75, 3.05) is 0 Å². The lowest BCUT2D eigenvalue weighted by molar-refractivity contribution is -0.131. The number of carbonyl (C=O) groups is 2. The predicted molar refractivity (Wildman–Crippen MR) is 84.5 cm³/mol. The first kappa shape index (κ1) is 15.2. The van der Waals surface area contributed by atoms with Gasteiger partial charge in [-0.1, -0.05) is 23.7 Å². The van der Waals surface area contributed by atoms with Crippen molar-refractivity contribution in [3.05, 3.63) is 64.6 Å². The summed E-state index contributed by atoms with van der Waals surface area (Å²) in [4.78, 5) is 26.9. The molecule has 4 nitrogen and oxygen atoms in total. The zero-order valence-electron chi connectivity index (χ0n) is 12.0. The molecule has 2 aromatic carbocycles. The lowest BCUT2D eigenvalue weighted by atomic mass is 10.1. The van der Waals surface area contributed by atoms with Crippen LogP contribution in [0.1, 0.15) is 23.0 Å². The molecule has 0 radical (unpaired) electrons. The normalized spacial score (nSPS) is 10.7. The molecule has 3 rings (SSSR count). The Morgan fingerprint density at radius 1 is 1.17 bits per heavy atom. The second-order valence-corrected chi connectivity index (χ2v) is 5.39. The number of fused-ring (bicyclic) bond motifs is 1. The number of esters is 1. The lowest BCUT2D eigenvalue weighted by Gasteiger charge is -2.04. The van der Waals surface area contributed by atoms with E-state index in [2.05, 4.69) is 4.98 Å². The molecule has 0 saturated heterocycles. The fourth-order valence-electron chi connectivity index (χ4n) is 2.32. The van der Waals surface area contributed by atoms with Crippen molar-refractivity contribution in [2.24, 2.45) is 0 Å². The van der Waals surface area contributed by atoms with Gasteiger partial charge in [-0.25, -0.2) is 4.39 Å². The van der Waals surface area contributed by atoms with Gasteiger partial charge >= 0.3 is 5.97 Å². The Morgan fingerprint density at radius 3 is 2.65 bits per heavy atom. The standard InChI is InChI=1S/C17H11ClFNO3/c1-9(21)23-17-13-8-12(19)5-6-14(13)20-15(17)16(22)10-3-2-4-11(18)7-10/h2-8,20H,1H3. The summed E-state index contributed by atoms with van der Waals surface area (Å²) >= 11 is 5.90. The van der Waals surface area contributed by atoms with Crippen LogP contribution in [0.15, 0.2) is 42.5 Å². The summed E-state index contributed by atoms with van der Waals surface area (Å²) in [5.41, 5.74) is 0.897. The third-order valence-electron chi connectivity index (χ3n) is 3.27. The van der Waals surface area contributed by atoms with E-state index in [1.807, 2.05) is 0 Å². The number of hydrogen-bond acceptors (Lipinski definition) is 3. The van der Waals surface area contributed by atoms with Gasteiger partial charge in [-0.05, 0) is 30.3 Å². The molecule has 0 saturated carbocycles. The molecule has 0 spiro atoms. The first-order valence-electron chi connectivity index (χ1n) is 6.75. The van der Waals surface area contributed by atoms with Crippen LogP contribution in [0.4, 0.5) is 4.39 Å². The molecule has 0 aliphatic rings. The highest BCUT2D eigenvalue weighted by Gasteiger charge is 2.22. The zero-order valence-corrected chi connectivity index (χ0v) is 12.8. The van der Waals surface area contributed by atoms with Gasteiger partial charge in [0.25, 0.3) is 0 Å². The van der Waals surface area contributed by atoms with Gasteiger partial charge in [0.05, 0.1) is 5.52 Å². The van der Waals surface area contributed by atoms with Gasteiger partial charge in [-0.3, -0.25) is 9.59 Å². The lowest BCUT2D eigenvalue weighted by Crippen LogP contribution is -2.08. The molecule has 0 atom stereocenters. The number of nitrogens with one attached hydrogen (secondary N) is 1. The van der Waals surface area contributed by atoms with Crippen molar-refractivity contribution in [1.29, 1.82) is 0 Å². The Labute approximate surface area is 135 Å². The maximum Gasteiger partial charge on any atom is 0.308 e. The van der Waals surface area contributed by atoms with Crippen LogP contribution in [-0.2, 0) is 4.79 Å². The maximum absolute atomic E-state index is 13.5. The number of ether oxygens (including phenoxy) is 1. The van der Waals surface area contributed by atoms with Crippen LogP contribution in [0, 0.1) is 5.82 Å². The molecule has 6 heteroatoms. The number of carbonyl (C=O) groups excluding carboxylic acids is 2. The molecule has 1 N–H and O–H groups in total. The molecule has 0 amide bonds. The predicted octanol–water partition coefficient (Wildman–Crippen LogP) is 4.12. The summed E-state index contributed by atoms with van der Waals surface area (Å²) < 4.78 is 18.6. The number of aromatic amines is 1. The second kappa shape index (κ2) is 5.85. The first-order chi connectivity index (χ1) is 11.0. The fraction of sp³-hybridized carbons (Fsp3) is 0.0588. The van der Waals surface area contributed by atoms with Crippen molar-refractivity contribution in [3.63, 3.8) is 0 Å². The third kappa shape index (κ3) is 2.96. The molecule has 3 aromatic rings. The van der Waals surface area contributed by atoms with E-state index >= 15 is 0 Å². The molecule has 0 aliphatic carbocycles. The first-order valence-corrected chi connectivity index (χ1v) is 7.13. The summed E-state index contributed by atoms with van der Waals surface area (Å²) in [6.07, 6.45) is 0. The summed E-state index contributed by atoms with van der Waals surface area (Å²) in [5, 5.41) is 0.734. The number of hydrogen-bond donors (Lipinski definition) is 1. The molecule has 0 unspecified atom stereocenters. The molecule has 1 heterocycles. The van der Waals surface area contributed by atoms with Crippen LogP contribution in [0.25, 0.3) is 10.9 Å². The van der Waals surface area contributed by atoms with Crippen molar-refractivity contribution in [3.8, 4) is 5.75 Å². The summed E-state index contributed by atoms with van der Waals surface area (Å²) in [5.74, 6) is -1.49. The number of aromatic nitrogens is 1. The molecular formula is C17H11ClFNO3. The van der Waals surface area contributed by atoms with Gasteiger partial charge in [0.15, 0.2) is 5.75 Å². The maximum atomic E-state index is 13.5. The van der Waals surface area contributed by atoms with Gasteiger partial charge in [0, 0.05) is 22.9 Å². The molecule has 0 fully saturated rings. The van der Waals surface area contributed by atoms with Crippen LogP contribution in [-0.4, -0.2) is 16.7 Å². The van der Waals surface area contributed by atoms with Crippen LogP contribution in [0.2, 0.25) is 5.02 Å². The van der Waals surface area contributed by atoms with Gasteiger partial charge in [0.1, 0.15) is 11.5 Å². The minimum Gasteiger partial charge on any atom is -0.424 e. The second-order valence-electron chi connectivity index (χ2n) is 4.95. The Balaban J connectivity index is 2.19. The van der Waals surface area contributed by atoms with Crippen LogP contribution in [0.5, 0.6) is 5.75 Å². The molecule has 116 valence electrons. The Hall–Kier alpha value is -2.66. The largest absolute Gasteiger partial charge is 0.424 e. The number of benzene rings is 2. The Bertz CT molecular complexity index is 933. The topological polar surface area (TPSA) is 59.2 Å². The summed E-state index contributed by atoms with van der Waals surface area (Å²) in [6, 6.07) is 10.3. The van der Waals surface area contributed by atoms with Crippen molar-refractivity contribution < 1.29 is 18.7 Å². The third-order valence-corrected chi connectivity index (χ3v) is 3.51. The van der Waals surface area contributed by atoms with Crippen LogP contribution in [0.3, 0.4) is 0 Å². The number of H-pyrrole nitrogens is 1. The van der Waals surface area contributed by atoms with E-state index in [1.165, 1.54) is 31.2 Å². The van der Waals surface area contributed by atoms with Gasteiger partial charge in [-0.15, -0.1) is 0 Å². The van der Waals surface area contributed by atoms with Crippen molar-refractivity contribution >= 4 is 34.3 Å². The number of rotatable bonds is 3. The fourth-order valence-corrected chi connectivity index (χ4v) is 2.51. The average molecular weight is 332 g/mol. The Morgan fingerprint density at radius 2 is 1.96 bits per heavy atom. The van der Waals surface area contributed by atoms with E-state index in [4.69, 9.17) is 16.3 Å². The molecule has 23 heavy (non-hydrogen) atoms. The van der Waals surface area contributed by atoms with Crippen LogP contribution < -0.4 is 4.74 Å². The van der Waals surface area contributed by atoms with Crippen molar-refractivity contribution in [1.82, 2.24) is 4.98 Å². The minimum absolute atomic E-state index is 0.0111. The summed E-state index contributed by atoms with van der Waals surface area (Å²) in [7, 11) is 0. The van der Waals surface area contributed by atoms with E-state index in [-0.39, 0.29) is 11.4 Å². The minimum atomic E-state index is -0.602. The van der Waals surface area contributed by atoms with E-state index in [0.29, 0.717) is 21.5 Å². The quantitative estimate of drug-likeness (QED) is 0.580. The van der Waals surface area contributed by atoms with Gasteiger partial charge < -0.3 is 9.72 Å². The summed E-state index contributed by atoms with van der Waals surface area (Å²) in [6.45, 7) is 1.21. The highest BCUT2D eigenvalue weighted by molar-refractivity contribution is 6.31. The van der Waals surface area contributed by atoms with E-state index in [1.54, 1.807) is 18.2 Å². The molecule has 1 aromatic heterocycles. The van der Waals surface area contributed by atoms with Crippen molar-refractivity contribution in [2.45, 2.75) is 6.92 Å². The van der Waals surface area contributed by atoms with E-state index in [0.717, 1.165) is 0 Å². The van der Waals surface area contributed by atoms with E-state index in [9.17, 15) is 14.0 Å². The monoisotopic (exact) mass is 331 g/mol. The SMILES string of the molecule is CC(=O)Oc1c(C(=O)c2cccc(Cl)c2)[nH]c2ccc(F)cc12. The average Bonchev–Trinajstić information content (AvgIpc) is 2.84.